The molecule has 14 heavy (non-hydrogen) atoms. The second kappa shape index (κ2) is 3.64. The van der Waals surface area contributed by atoms with E-state index in [1.165, 1.54) is 24.1 Å². The summed E-state index contributed by atoms with van der Waals surface area (Å²) in [7, 11) is 0. The molecule has 1 saturated carbocycles. The number of aromatic amines is 1. The molecule has 1 heterocycles. The molecule has 3 rings (SSSR count). The first-order valence-electron chi connectivity index (χ1n) is 5.78. The van der Waals surface area contributed by atoms with Gasteiger partial charge in [-0.25, -0.2) is 0 Å². The van der Waals surface area contributed by atoms with E-state index in [-0.39, 0.29) is 1.43 Å². The fraction of sp³-hybridized carbons (Fsp3) is 0.538. The molecule has 2 aliphatic rings. The van der Waals surface area contributed by atoms with Crippen LogP contribution in [0.4, 0.5) is 0 Å². The third-order valence-electron chi connectivity index (χ3n) is 3.20. The summed E-state index contributed by atoms with van der Waals surface area (Å²) < 4.78 is 0. The van der Waals surface area contributed by atoms with E-state index in [0.29, 0.717) is 0 Å². The normalized spacial score (nSPS) is 26.6. The van der Waals surface area contributed by atoms with Gasteiger partial charge >= 0.3 is 0 Å². The summed E-state index contributed by atoms with van der Waals surface area (Å²) in [5.74, 6) is 1.73. The smallest absolute Gasteiger partial charge is 0.0258 e. The molecule has 2 unspecified atom stereocenters. The highest BCUT2D eigenvalue weighted by molar-refractivity contribution is 5.63. The van der Waals surface area contributed by atoms with Crippen molar-refractivity contribution in [3.63, 3.8) is 0 Å². The molecular formula is C13H21N. The average molecular weight is 191 g/mol. The number of fused-ring (bicyclic) bond motifs is 3. The zero-order chi connectivity index (χ0) is 10.1. The third kappa shape index (κ3) is 1.31. The van der Waals surface area contributed by atoms with Gasteiger partial charge in [-0.1, -0.05) is 32.4 Å². The Bertz CT molecular complexity index is 351. The monoisotopic (exact) mass is 191 g/mol. The molecule has 0 radical (unpaired) electrons. The van der Waals surface area contributed by atoms with Gasteiger partial charge in [-0.05, 0) is 30.4 Å². The summed E-state index contributed by atoms with van der Waals surface area (Å²) in [5.41, 5.74) is 4.58. The van der Waals surface area contributed by atoms with E-state index in [1.54, 1.807) is 5.57 Å². The molecule has 1 N–H and O–H groups in total. The highest BCUT2D eigenvalue weighted by Crippen LogP contribution is 2.56. The van der Waals surface area contributed by atoms with Gasteiger partial charge in [0.05, 0.1) is 0 Å². The molecule has 1 nitrogen and oxygen atoms in total. The van der Waals surface area contributed by atoms with Gasteiger partial charge in [-0.2, -0.15) is 0 Å². The Morgan fingerprint density at radius 1 is 1.43 bits per heavy atom. The van der Waals surface area contributed by atoms with Crippen LogP contribution in [0.1, 0.15) is 52.2 Å². The molecule has 2 aliphatic carbocycles. The van der Waals surface area contributed by atoms with Crippen LogP contribution < -0.4 is 0 Å². The van der Waals surface area contributed by atoms with Crippen LogP contribution in [0.25, 0.3) is 6.08 Å². The fourth-order valence-corrected chi connectivity index (χ4v) is 2.44. The van der Waals surface area contributed by atoms with Crippen LogP contribution in [0.5, 0.6) is 0 Å². The topological polar surface area (TPSA) is 15.8 Å². The standard InChI is InChI=1S/C11H13N.C2H6.H2/c1-2-7-5-8-3-4-12-11(8)10-6-9(7)10;1-2;/h3-5,9-10,12H,2,6H2,1H3;1-2H3;1H. The van der Waals surface area contributed by atoms with Crippen LogP contribution >= 0.6 is 0 Å². The van der Waals surface area contributed by atoms with Gasteiger partial charge in [-0.3, -0.25) is 0 Å². The van der Waals surface area contributed by atoms with Gasteiger partial charge in [0.2, 0.25) is 0 Å². The van der Waals surface area contributed by atoms with Crippen LogP contribution in [0.15, 0.2) is 17.8 Å². The number of hydrogen-bond acceptors (Lipinski definition) is 0. The first-order chi connectivity index (χ1) is 6.90. The quantitative estimate of drug-likeness (QED) is 0.685. The molecule has 78 valence electrons. The van der Waals surface area contributed by atoms with Crippen molar-refractivity contribution in [1.29, 1.82) is 0 Å². The van der Waals surface area contributed by atoms with Crippen molar-refractivity contribution in [2.75, 3.05) is 0 Å². The molecule has 2 atom stereocenters. The van der Waals surface area contributed by atoms with Gasteiger partial charge in [-0.15, -0.1) is 0 Å². The summed E-state index contributed by atoms with van der Waals surface area (Å²) in [6, 6.07) is 2.19. The van der Waals surface area contributed by atoms with Crippen LogP contribution in [-0.4, -0.2) is 4.98 Å². The highest BCUT2D eigenvalue weighted by atomic mass is 14.7. The molecule has 0 aliphatic heterocycles. The zero-order valence-electron chi connectivity index (χ0n) is 9.30. The average Bonchev–Trinajstić information content (AvgIpc) is 2.92. The van der Waals surface area contributed by atoms with Crippen LogP contribution in [-0.2, 0) is 0 Å². The second-order valence-electron chi connectivity index (χ2n) is 3.87. The van der Waals surface area contributed by atoms with Crippen LogP contribution in [0.3, 0.4) is 0 Å². The first kappa shape index (κ1) is 9.57. The summed E-state index contributed by atoms with van der Waals surface area (Å²) in [6.07, 6.45) is 7.05. The van der Waals surface area contributed by atoms with Crippen molar-refractivity contribution in [3.8, 4) is 0 Å². The SMILES string of the molecule is CC.CCC1=Cc2cc[nH]c2C2CC12.[HH]. The minimum absolute atomic E-state index is 0. The fourth-order valence-electron chi connectivity index (χ4n) is 2.44. The highest BCUT2D eigenvalue weighted by Gasteiger charge is 2.44. The summed E-state index contributed by atoms with van der Waals surface area (Å²) in [6.45, 7) is 6.26. The minimum Gasteiger partial charge on any atom is -0.364 e. The van der Waals surface area contributed by atoms with E-state index in [1.807, 2.05) is 13.8 Å². The Morgan fingerprint density at radius 2 is 2.21 bits per heavy atom. The number of rotatable bonds is 1. The van der Waals surface area contributed by atoms with E-state index in [0.717, 1.165) is 11.8 Å². The van der Waals surface area contributed by atoms with E-state index in [4.69, 9.17) is 0 Å². The first-order valence-corrected chi connectivity index (χ1v) is 5.78. The number of nitrogens with one attached hydrogen (secondary N) is 1. The third-order valence-corrected chi connectivity index (χ3v) is 3.20. The lowest BCUT2D eigenvalue weighted by Crippen LogP contribution is -1.96. The number of hydrogen-bond donors (Lipinski definition) is 1. The molecule has 1 aromatic rings. The van der Waals surface area contributed by atoms with Crippen LogP contribution in [0, 0.1) is 5.92 Å². The Labute approximate surface area is 87.7 Å². The Balaban J connectivity index is 0.000000356. The molecule has 1 fully saturated rings. The minimum atomic E-state index is 0. The maximum Gasteiger partial charge on any atom is 0.0258 e. The number of aromatic nitrogens is 1. The molecule has 0 bridgehead atoms. The van der Waals surface area contributed by atoms with Gasteiger partial charge in [0.25, 0.3) is 0 Å². The van der Waals surface area contributed by atoms with Gasteiger partial charge in [0.1, 0.15) is 0 Å². The predicted octanol–water partition coefficient (Wildman–Crippen LogP) is 4.20. The largest absolute Gasteiger partial charge is 0.364 e. The Hall–Kier alpha value is -0.980. The Kier molecular flexibility index (Phi) is 2.49. The van der Waals surface area contributed by atoms with Crippen molar-refractivity contribution in [2.45, 2.75) is 39.5 Å². The molecular weight excluding hydrogens is 170 g/mol. The van der Waals surface area contributed by atoms with Crippen molar-refractivity contribution >= 4 is 6.08 Å². The van der Waals surface area contributed by atoms with Gasteiger partial charge in [0.15, 0.2) is 0 Å². The number of allylic oxidation sites excluding steroid dienone is 1. The van der Waals surface area contributed by atoms with Crippen LogP contribution in [0.2, 0.25) is 0 Å². The summed E-state index contributed by atoms with van der Waals surface area (Å²) in [5, 5.41) is 0. The molecule has 0 amide bonds. The van der Waals surface area contributed by atoms with Crippen molar-refractivity contribution in [2.24, 2.45) is 5.92 Å². The maximum atomic E-state index is 3.35. The summed E-state index contributed by atoms with van der Waals surface area (Å²) >= 11 is 0. The van der Waals surface area contributed by atoms with Gasteiger partial charge in [0, 0.05) is 19.2 Å². The predicted molar refractivity (Wildman–Crippen MR) is 63.4 cm³/mol. The van der Waals surface area contributed by atoms with Gasteiger partial charge < -0.3 is 4.98 Å². The zero-order valence-corrected chi connectivity index (χ0v) is 9.30. The molecule has 1 heteroatoms. The van der Waals surface area contributed by atoms with E-state index >= 15 is 0 Å². The second-order valence-corrected chi connectivity index (χ2v) is 3.87. The summed E-state index contributed by atoms with van der Waals surface area (Å²) in [4.78, 5) is 3.35. The molecule has 0 aromatic carbocycles. The molecule has 0 spiro atoms. The molecule has 1 aromatic heterocycles. The van der Waals surface area contributed by atoms with Crippen molar-refractivity contribution in [3.05, 3.63) is 29.1 Å². The Morgan fingerprint density at radius 3 is 2.93 bits per heavy atom. The lowest BCUT2D eigenvalue weighted by atomic mass is 9.96. The lowest BCUT2D eigenvalue weighted by molar-refractivity contribution is 0.854. The van der Waals surface area contributed by atoms with E-state index < -0.39 is 0 Å². The lowest BCUT2D eigenvalue weighted by Gasteiger charge is -2.10. The number of H-pyrrole nitrogens is 1. The van der Waals surface area contributed by atoms with Crippen molar-refractivity contribution in [1.82, 2.24) is 4.98 Å². The van der Waals surface area contributed by atoms with E-state index in [2.05, 4.69) is 30.2 Å². The van der Waals surface area contributed by atoms with Crippen molar-refractivity contribution < 1.29 is 1.43 Å². The molecule has 0 saturated heterocycles. The van der Waals surface area contributed by atoms with E-state index in [9.17, 15) is 0 Å². The maximum absolute atomic E-state index is 3.35.